The fourth-order valence-electron chi connectivity index (χ4n) is 2.23. The van der Waals surface area contributed by atoms with Gasteiger partial charge in [-0.1, -0.05) is 23.9 Å². The summed E-state index contributed by atoms with van der Waals surface area (Å²) in [6, 6.07) is 9.83. The molecule has 5 nitrogen and oxygen atoms in total. The number of thioether (sulfide) groups is 1. The van der Waals surface area contributed by atoms with Crippen LogP contribution in [-0.2, 0) is 12.3 Å². The zero-order valence-corrected chi connectivity index (χ0v) is 15.2. The molecule has 0 aliphatic rings. The molecule has 0 aliphatic carbocycles. The van der Waals surface area contributed by atoms with Crippen molar-refractivity contribution < 1.29 is 4.79 Å². The van der Waals surface area contributed by atoms with E-state index in [9.17, 15) is 4.79 Å². The van der Waals surface area contributed by atoms with Crippen LogP contribution in [-0.4, -0.2) is 33.0 Å². The molecule has 124 valence electrons. The lowest BCUT2D eigenvalue weighted by Gasteiger charge is -2.17. The molecule has 2 aromatic heterocycles. The Morgan fingerprint density at radius 1 is 1.29 bits per heavy atom. The molecule has 3 rings (SSSR count). The van der Waals surface area contributed by atoms with Crippen LogP contribution >= 0.6 is 23.1 Å². The van der Waals surface area contributed by atoms with Gasteiger partial charge in [-0.25, -0.2) is 4.98 Å². The van der Waals surface area contributed by atoms with Gasteiger partial charge in [0, 0.05) is 23.2 Å². The maximum atomic E-state index is 12.5. The number of H-pyrrole nitrogens is 1. The van der Waals surface area contributed by atoms with Gasteiger partial charge < -0.3 is 4.90 Å². The molecule has 7 heteroatoms. The normalized spacial score (nSPS) is 10.8. The number of hydrogen-bond donors (Lipinski definition) is 1. The minimum absolute atomic E-state index is 0.0391. The highest BCUT2D eigenvalue weighted by Gasteiger charge is 2.13. The minimum Gasteiger partial charge on any atom is -0.337 e. The molecule has 1 amide bonds. The van der Waals surface area contributed by atoms with E-state index in [4.69, 9.17) is 0 Å². The summed E-state index contributed by atoms with van der Waals surface area (Å²) in [6.45, 7) is 2.72. The molecule has 0 aliphatic heterocycles. The van der Waals surface area contributed by atoms with Gasteiger partial charge in [0.25, 0.3) is 5.91 Å². The molecular formula is C17H18N4OS2. The Hall–Kier alpha value is -2.12. The van der Waals surface area contributed by atoms with Crippen molar-refractivity contribution in [3.05, 3.63) is 63.6 Å². The number of nitrogens with one attached hydrogen (secondary N) is 1. The fraction of sp³-hybridized carbons (Fsp3) is 0.235. The lowest BCUT2D eigenvalue weighted by Crippen LogP contribution is -2.26. The van der Waals surface area contributed by atoms with E-state index in [2.05, 4.69) is 33.6 Å². The largest absolute Gasteiger partial charge is 0.337 e. The first-order chi connectivity index (χ1) is 11.6. The van der Waals surface area contributed by atoms with Crippen molar-refractivity contribution >= 4 is 29.0 Å². The number of aromatic amines is 1. The first-order valence-corrected chi connectivity index (χ1v) is 9.35. The van der Waals surface area contributed by atoms with Crippen molar-refractivity contribution in [3.63, 3.8) is 0 Å². The summed E-state index contributed by atoms with van der Waals surface area (Å²) >= 11 is 3.27. The van der Waals surface area contributed by atoms with Gasteiger partial charge >= 0.3 is 0 Å². The quantitative estimate of drug-likeness (QED) is 0.682. The van der Waals surface area contributed by atoms with Crippen molar-refractivity contribution in [1.82, 2.24) is 20.1 Å². The van der Waals surface area contributed by atoms with Crippen LogP contribution in [0.25, 0.3) is 0 Å². The van der Waals surface area contributed by atoms with Gasteiger partial charge in [0.15, 0.2) is 5.16 Å². The average Bonchev–Trinajstić information content (AvgIpc) is 3.25. The minimum atomic E-state index is 0.0391. The van der Waals surface area contributed by atoms with Crippen LogP contribution in [0.4, 0.5) is 0 Å². The molecule has 0 saturated carbocycles. The Morgan fingerprint density at radius 2 is 2.08 bits per heavy atom. The predicted molar refractivity (Wildman–Crippen MR) is 97.2 cm³/mol. The van der Waals surface area contributed by atoms with Crippen molar-refractivity contribution in [2.24, 2.45) is 0 Å². The summed E-state index contributed by atoms with van der Waals surface area (Å²) in [5.41, 5.74) is 3.09. The first kappa shape index (κ1) is 16.7. The zero-order chi connectivity index (χ0) is 16.9. The van der Waals surface area contributed by atoms with E-state index < -0.39 is 0 Å². The van der Waals surface area contributed by atoms with Gasteiger partial charge in [-0.2, -0.15) is 5.10 Å². The molecule has 0 saturated heterocycles. The second-order valence-corrected chi connectivity index (χ2v) is 7.43. The van der Waals surface area contributed by atoms with E-state index >= 15 is 0 Å². The number of carbonyl (C=O) groups is 1. The van der Waals surface area contributed by atoms with Gasteiger partial charge in [-0.3, -0.25) is 9.89 Å². The first-order valence-electron chi connectivity index (χ1n) is 7.49. The van der Waals surface area contributed by atoms with Gasteiger partial charge in [0.05, 0.1) is 6.54 Å². The molecule has 3 aromatic rings. The summed E-state index contributed by atoms with van der Waals surface area (Å²) in [5, 5.41) is 9.49. The molecule has 24 heavy (non-hydrogen) atoms. The summed E-state index contributed by atoms with van der Waals surface area (Å²) in [5.74, 6) is 0.825. The Kier molecular flexibility index (Phi) is 5.32. The van der Waals surface area contributed by atoms with E-state index in [0.717, 1.165) is 16.5 Å². The zero-order valence-electron chi connectivity index (χ0n) is 13.5. The predicted octanol–water partition coefficient (Wildman–Crippen LogP) is 3.74. The third-order valence-corrected chi connectivity index (χ3v) is 5.62. The topological polar surface area (TPSA) is 61.9 Å². The second-order valence-electron chi connectivity index (χ2n) is 5.46. The molecule has 1 aromatic carbocycles. The van der Waals surface area contributed by atoms with E-state index in [0.29, 0.717) is 12.1 Å². The van der Waals surface area contributed by atoms with Crippen LogP contribution in [0, 0.1) is 6.92 Å². The van der Waals surface area contributed by atoms with Crippen LogP contribution in [0.1, 0.15) is 26.4 Å². The Balaban J connectivity index is 1.59. The maximum Gasteiger partial charge on any atom is 0.253 e. The van der Waals surface area contributed by atoms with Crippen molar-refractivity contribution in [2.75, 3.05) is 7.05 Å². The number of aromatic nitrogens is 3. The lowest BCUT2D eigenvalue weighted by molar-refractivity contribution is 0.0786. The van der Waals surface area contributed by atoms with Crippen LogP contribution in [0.15, 0.2) is 47.2 Å². The fourth-order valence-corrected chi connectivity index (χ4v) is 3.93. The van der Waals surface area contributed by atoms with E-state index in [1.54, 1.807) is 28.0 Å². The third-order valence-electron chi connectivity index (χ3n) is 3.67. The molecular weight excluding hydrogens is 340 g/mol. The molecule has 0 unspecified atom stereocenters. The maximum absolute atomic E-state index is 12.5. The highest BCUT2D eigenvalue weighted by molar-refractivity contribution is 7.98. The number of amides is 1. The monoisotopic (exact) mass is 358 g/mol. The summed E-state index contributed by atoms with van der Waals surface area (Å²) in [6.07, 6.45) is 1.50. The molecule has 0 radical (unpaired) electrons. The molecule has 0 spiro atoms. The number of carbonyl (C=O) groups excluding carboxylic acids is 1. The number of thiophene rings is 1. The van der Waals surface area contributed by atoms with Crippen molar-refractivity contribution in [3.8, 4) is 0 Å². The van der Waals surface area contributed by atoms with E-state index in [1.165, 1.54) is 16.8 Å². The highest BCUT2D eigenvalue weighted by Crippen LogP contribution is 2.20. The third kappa shape index (κ3) is 4.04. The number of benzene rings is 1. The molecule has 2 heterocycles. The Labute approximate surface area is 149 Å². The van der Waals surface area contributed by atoms with Crippen LogP contribution < -0.4 is 0 Å². The van der Waals surface area contributed by atoms with Gasteiger partial charge in [-0.15, -0.1) is 11.3 Å². The Bertz CT molecular complexity index is 796. The van der Waals surface area contributed by atoms with Gasteiger partial charge in [-0.05, 0) is 41.6 Å². The van der Waals surface area contributed by atoms with Crippen LogP contribution in [0.5, 0.6) is 0 Å². The molecule has 1 N–H and O–H groups in total. The van der Waals surface area contributed by atoms with Crippen LogP contribution in [0.3, 0.4) is 0 Å². The molecule has 0 fully saturated rings. The smallest absolute Gasteiger partial charge is 0.253 e. The lowest BCUT2D eigenvalue weighted by atomic mass is 10.1. The summed E-state index contributed by atoms with van der Waals surface area (Å²) < 4.78 is 0. The SMILES string of the molecule is Cc1ccsc1CN(C)C(=O)c1ccc(CSc2ncn[nH]2)cc1. The molecule has 0 atom stereocenters. The highest BCUT2D eigenvalue weighted by atomic mass is 32.2. The van der Waals surface area contributed by atoms with Crippen molar-refractivity contribution in [2.45, 2.75) is 24.4 Å². The summed E-state index contributed by atoms with van der Waals surface area (Å²) in [4.78, 5) is 19.6. The number of aryl methyl sites for hydroxylation is 1. The van der Waals surface area contributed by atoms with E-state index in [1.807, 2.05) is 31.3 Å². The molecule has 0 bridgehead atoms. The average molecular weight is 358 g/mol. The number of rotatable bonds is 6. The number of nitrogens with zero attached hydrogens (tertiary/aromatic N) is 3. The van der Waals surface area contributed by atoms with Gasteiger partial charge in [0.1, 0.15) is 6.33 Å². The standard InChI is InChI=1S/C17H18N4OS2/c1-12-7-8-23-15(12)9-21(2)16(22)14-5-3-13(4-6-14)10-24-17-18-11-19-20-17/h3-8,11H,9-10H2,1-2H3,(H,18,19,20). The van der Waals surface area contributed by atoms with E-state index in [-0.39, 0.29) is 5.91 Å². The number of hydrogen-bond acceptors (Lipinski definition) is 5. The van der Waals surface area contributed by atoms with Gasteiger partial charge in [0.2, 0.25) is 0 Å². The Morgan fingerprint density at radius 3 is 2.71 bits per heavy atom. The van der Waals surface area contributed by atoms with Crippen molar-refractivity contribution in [1.29, 1.82) is 0 Å². The van der Waals surface area contributed by atoms with Crippen LogP contribution in [0.2, 0.25) is 0 Å². The second kappa shape index (κ2) is 7.63. The summed E-state index contributed by atoms with van der Waals surface area (Å²) in [7, 11) is 1.84.